The molecule has 0 saturated carbocycles. The molecule has 0 amide bonds. The smallest absolute Gasteiger partial charge is 0.193 e. The zero-order chi connectivity index (χ0) is 17.7. The van der Waals surface area contributed by atoms with Crippen molar-refractivity contribution in [1.82, 2.24) is 4.98 Å². The highest BCUT2D eigenvalue weighted by molar-refractivity contribution is 7.09. The van der Waals surface area contributed by atoms with Gasteiger partial charge in [-0.25, -0.2) is 4.98 Å². The topological polar surface area (TPSA) is 72.5 Å². The summed E-state index contributed by atoms with van der Waals surface area (Å²) in [4.78, 5) is 8.98. The highest BCUT2D eigenvalue weighted by Gasteiger charge is 2.17. The van der Waals surface area contributed by atoms with Crippen molar-refractivity contribution in [3.63, 3.8) is 0 Å². The molecule has 0 aliphatic rings. The standard InChI is InChI=1S/C17H23ClN4OS/c1-17(2,3)15-21-12(10-24-15)7-8-20-16(19)22-11-5-6-14(23-4)13(18)9-11/h5-6,9-10H,7-8H2,1-4H3,(H3,19,20,22). The van der Waals surface area contributed by atoms with Crippen molar-refractivity contribution in [3.8, 4) is 5.75 Å². The van der Waals surface area contributed by atoms with Crippen molar-refractivity contribution < 1.29 is 4.74 Å². The number of rotatable bonds is 5. The number of nitrogens with one attached hydrogen (secondary N) is 1. The lowest BCUT2D eigenvalue weighted by Gasteiger charge is -2.13. The normalized spacial score (nSPS) is 12.3. The Morgan fingerprint density at radius 3 is 2.75 bits per heavy atom. The third-order valence-corrected chi connectivity index (χ3v) is 4.88. The molecule has 2 rings (SSSR count). The number of nitrogens with two attached hydrogens (primary N) is 1. The predicted octanol–water partition coefficient (Wildman–Crippen LogP) is 4.07. The molecule has 0 aliphatic carbocycles. The first kappa shape index (κ1) is 18.5. The summed E-state index contributed by atoms with van der Waals surface area (Å²) < 4.78 is 5.12. The van der Waals surface area contributed by atoms with Crippen molar-refractivity contribution in [2.24, 2.45) is 10.7 Å². The molecule has 7 heteroatoms. The van der Waals surface area contributed by atoms with E-state index in [9.17, 15) is 0 Å². The number of halogens is 1. The van der Waals surface area contributed by atoms with Crippen molar-refractivity contribution >= 4 is 34.6 Å². The Labute approximate surface area is 151 Å². The van der Waals surface area contributed by atoms with Gasteiger partial charge in [-0.3, -0.25) is 4.99 Å². The van der Waals surface area contributed by atoms with Gasteiger partial charge in [0.05, 0.1) is 22.8 Å². The number of aromatic nitrogens is 1. The molecule has 24 heavy (non-hydrogen) atoms. The van der Waals surface area contributed by atoms with Gasteiger partial charge >= 0.3 is 0 Å². The maximum absolute atomic E-state index is 6.08. The van der Waals surface area contributed by atoms with Crippen LogP contribution in [0.2, 0.25) is 5.02 Å². The molecule has 0 spiro atoms. The van der Waals surface area contributed by atoms with Gasteiger partial charge in [0.2, 0.25) is 0 Å². The van der Waals surface area contributed by atoms with E-state index in [1.807, 2.05) is 6.07 Å². The van der Waals surface area contributed by atoms with E-state index in [1.54, 1.807) is 30.6 Å². The molecule has 0 unspecified atom stereocenters. The van der Waals surface area contributed by atoms with Gasteiger partial charge in [0.1, 0.15) is 5.75 Å². The fourth-order valence-electron chi connectivity index (χ4n) is 1.99. The van der Waals surface area contributed by atoms with E-state index in [0.29, 0.717) is 23.3 Å². The molecule has 3 N–H and O–H groups in total. The lowest BCUT2D eigenvalue weighted by Crippen LogP contribution is -2.23. The molecule has 2 aromatic rings. The molecule has 0 fully saturated rings. The number of nitrogens with zero attached hydrogens (tertiary/aromatic N) is 2. The Balaban J connectivity index is 1.90. The minimum Gasteiger partial charge on any atom is -0.495 e. The van der Waals surface area contributed by atoms with Gasteiger partial charge in [-0.05, 0) is 18.2 Å². The van der Waals surface area contributed by atoms with Crippen molar-refractivity contribution in [2.45, 2.75) is 32.6 Å². The van der Waals surface area contributed by atoms with E-state index in [4.69, 9.17) is 22.1 Å². The summed E-state index contributed by atoms with van der Waals surface area (Å²) in [5.74, 6) is 0.971. The number of aliphatic imine (C=N–C) groups is 1. The van der Waals surface area contributed by atoms with Crippen LogP contribution in [-0.2, 0) is 11.8 Å². The van der Waals surface area contributed by atoms with Crippen molar-refractivity contribution in [3.05, 3.63) is 39.3 Å². The second kappa shape index (κ2) is 7.85. The number of thiazole rings is 1. The summed E-state index contributed by atoms with van der Waals surface area (Å²) in [6.07, 6.45) is 0.762. The highest BCUT2D eigenvalue weighted by atomic mass is 35.5. The average Bonchev–Trinajstić information content (AvgIpc) is 2.96. The summed E-state index contributed by atoms with van der Waals surface area (Å²) >= 11 is 7.77. The van der Waals surface area contributed by atoms with Crippen LogP contribution in [0.5, 0.6) is 5.75 Å². The van der Waals surface area contributed by atoms with Crippen LogP contribution in [0.4, 0.5) is 5.69 Å². The van der Waals surface area contributed by atoms with Gasteiger partial charge in [0.15, 0.2) is 5.96 Å². The minimum atomic E-state index is 0.0837. The minimum absolute atomic E-state index is 0.0837. The third kappa shape index (κ3) is 5.11. The lowest BCUT2D eigenvalue weighted by atomic mass is 9.98. The van der Waals surface area contributed by atoms with E-state index in [-0.39, 0.29) is 5.41 Å². The molecule has 0 radical (unpaired) electrons. The summed E-state index contributed by atoms with van der Waals surface area (Å²) in [5.41, 5.74) is 7.81. The maximum atomic E-state index is 6.08. The Bertz CT molecular complexity index is 722. The van der Waals surface area contributed by atoms with Gasteiger partial charge < -0.3 is 15.8 Å². The van der Waals surface area contributed by atoms with Crippen LogP contribution < -0.4 is 15.8 Å². The number of guanidine groups is 1. The zero-order valence-corrected chi connectivity index (χ0v) is 16.0. The fourth-order valence-corrected chi connectivity index (χ4v) is 3.19. The first-order valence-electron chi connectivity index (χ1n) is 7.65. The summed E-state index contributed by atoms with van der Waals surface area (Å²) in [7, 11) is 1.58. The molecule has 1 aromatic carbocycles. The number of hydrogen-bond acceptors (Lipinski definition) is 4. The van der Waals surface area contributed by atoms with Gasteiger partial charge in [0.25, 0.3) is 0 Å². The Morgan fingerprint density at radius 1 is 1.42 bits per heavy atom. The molecule has 0 atom stereocenters. The fraction of sp³-hybridized carbons (Fsp3) is 0.412. The quantitative estimate of drug-likeness (QED) is 0.618. The van der Waals surface area contributed by atoms with Crippen LogP contribution in [0.15, 0.2) is 28.6 Å². The molecule has 5 nitrogen and oxygen atoms in total. The van der Waals surface area contributed by atoms with Crippen LogP contribution in [0, 0.1) is 0 Å². The third-order valence-electron chi connectivity index (χ3n) is 3.27. The van der Waals surface area contributed by atoms with E-state index >= 15 is 0 Å². The first-order chi connectivity index (χ1) is 11.3. The lowest BCUT2D eigenvalue weighted by molar-refractivity contribution is 0.415. The monoisotopic (exact) mass is 366 g/mol. The zero-order valence-electron chi connectivity index (χ0n) is 14.4. The van der Waals surface area contributed by atoms with Crippen molar-refractivity contribution in [2.75, 3.05) is 19.0 Å². The first-order valence-corrected chi connectivity index (χ1v) is 8.90. The molecule has 1 aromatic heterocycles. The largest absolute Gasteiger partial charge is 0.495 e. The Morgan fingerprint density at radius 2 is 2.17 bits per heavy atom. The van der Waals surface area contributed by atoms with E-state index in [0.717, 1.165) is 22.8 Å². The van der Waals surface area contributed by atoms with E-state index < -0.39 is 0 Å². The van der Waals surface area contributed by atoms with Gasteiger partial charge in [-0.15, -0.1) is 11.3 Å². The number of hydrogen-bond donors (Lipinski definition) is 2. The molecule has 1 heterocycles. The van der Waals surface area contributed by atoms with E-state index in [2.05, 4.69) is 41.4 Å². The van der Waals surface area contributed by atoms with Crippen LogP contribution >= 0.6 is 22.9 Å². The second-order valence-corrected chi connectivity index (χ2v) is 7.65. The second-order valence-electron chi connectivity index (χ2n) is 6.39. The molecule has 130 valence electrons. The molecule has 0 bridgehead atoms. The Kier molecular flexibility index (Phi) is 6.07. The van der Waals surface area contributed by atoms with Crippen LogP contribution in [0.1, 0.15) is 31.5 Å². The van der Waals surface area contributed by atoms with Crippen LogP contribution in [0.3, 0.4) is 0 Å². The highest BCUT2D eigenvalue weighted by Crippen LogP contribution is 2.27. The predicted molar refractivity (Wildman–Crippen MR) is 103 cm³/mol. The van der Waals surface area contributed by atoms with Crippen LogP contribution in [0.25, 0.3) is 0 Å². The molecule has 0 aliphatic heterocycles. The van der Waals surface area contributed by atoms with Crippen molar-refractivity contribution in [1.29, 1.82) is 0 Å². The molecule has 0 saturated heterocycles. The maximum Gasteiger partial charge on any atom is 0.193 e. The summed E-state index contributed by atoms with van der Waals surface area (Å²) in [5, 5.41) is 6.77. The number of methoxy groups -OCH3 is 1. The Hall–Kier alpha value is -1.79. The van der Waals surface area contributed by atoms with E-state index in [1.165, 1.54) is 0 Å². The summed E-state index contributed by atoms with van der Waals surface area (Å²) in [6, 6.07) is 5.36. The van der Waals surface area contributed by atoms with Gasteiger partial charge in [-0.1, -0.05) is 32.4 Å². The average molecular weight is 367 g/mol. The van der Waals surface area contributed by atoms with Gasteiger partial charge in [0, 0.05) is 29.4 Å². The molecular formula is C17H23ClN4OS. The SMILES string of the molecule is COc1ccc(NC(N)=NCCc2csc(C(C)(C)C)n2)cc1Cl. The van der Waals surface area contributed by atoms with Crippen LogP contribution in [-0.4, -0.2) is 24.6 Å². The number of benzene rings is 1. The molecular weight excluding hydrogens is 344 g/mol. The summed E-state index contributed by atoms with van der Waals surface area (Å²) in [6.45, 7) is 7.07. The number of anilines is 1. The number of ether oxygens (including phenoxy) is 1. The van der Waals surface area contributed by atoms with Gasteiger partial charge in [-0.2, -0.15) is 0 Å².